The second-order valence-electron chi connectivity index (χ2n) is 9.07. The Hall–Kier alpha value is -3.10. The summed E-state index contributed by atoms with van der Waals surface area (Å²) in [4.78, 5) is 21.8. The highest BCUT2D eigenvalue weighted by atomic mass is 16.5. The molecule has 1 aliphatic heterocycles. The van der Waals surface area contributed by atoms with Crippen LogP contribution in [-0.2, 0) is 16.0 Å². The number of ether oxygens (including phenoxy) is 3. The van der Waals surface area contributed by atoms with Crippen LogP contribution in [0.15, 0.2) is 53.5 Å². The number of amidine groups is 1. The number of rotatable bonds is 10. The van der Waals surface area contributed by atoms with E-state index >= 15 is 0 Å². The van der Waals surface area contributed by atoms with E-state index in [1.54, 1.807) is 35.2 Å². The van der Waals surface area contributed by atoms with Crippen LogP contribution in [0.4, 0.5) is 0 Å². The predicted molar refractivity (Wildman–Crippen MR) is 138 cm³/mol. The third-order valence-corrected chi connectivity index (χ3v) is 6.54. The monoisotopic (exact) mass is 482 g/mol. The number of benzene rings is 2. The first-order chi connectivity index (χ1) is 16.8. The number of nitrogens with two attached hydrogens (primary N) is 1. The minimum absolute atomic E-state index is 0.0142. The van der Waals surface area contributed by atoms with Crippen molar-refractivity contribution in [2.45, 2.75) is 31.9 Å². The molecule has 1 fully saturated rings. The second-order valence-corrected chi connectivity index (χ2v) is 9.07. The van der Waals surface area contributed by atoms with Crippen LogP contribution in [0.1, 0.15) is 31.0 Å². The summed E-state index contributed by atoms with van der Waals surface area (Å²) in [7, 11) is 4.81. The highest BCUT2D eigenvalue weighted by molar-refractivity contribution is 5.88. The predicted octanol–water partition coefficient (Wildman–Crippen LogP) is 2.91. The van der Waals surface area contributed by atoms with Crippen LogP contribution in [-0.4, -0.2) is 81.2 Å². The van der Waals surface area contributed by atoms with Crippen LogP contribution in [0.25, 0.3) is 0 Å². The van der Waals surface area contributed by atoms with E-state index in [-0.39, 0.29) is 11.9 Å². The van der Waals surface area contributed by atoms with Crippen LogP contribution in [0.2, 0.25) is 0 Å². The van der Waals surface area contributed by atoms with Gasteiger partial charge in [0.05, 0.1) is 20.3 Å². The molecule has 1 atom stereocenters. The number of nitrogens with zero attached hydrogens (tertiary/aromatic N) is 3. The average Bonchev–Trinajstić information content (AvgIpc) is 2.89. The number of amides is 1. The van der Waals surface area contributed by atoms with Gasteiger partial charge in [0.25, 0.3) is 5.91 Å². The first-order valence-electron chi connectivity index (χ1n) is 12.0. The summed E-state index contributed by atoms with van der Waals surface area (Å²) < 4.78 is 16.7. The van der Waals surface area contributed by atoms with Gasteiger partial charge in [-0.05, 0) is 31.9 Å². The summed E-state index contributed by atoms with van der Waals surface area (Å²) in [5, 5.41) is 0. The smallest absolute Gasteiger partial charge is 0.254 e. The molecule has 1 saturated heterocycles. The maximum Gasteiger partial charge on any atom is 0.254 e. The van der Waals surface area contributed by atoms with Gasteiger partial charge in [-0.15, -0.1) is 0 Å². The lowest BCUT2D eigenvalue weighted by atomic mass is 10.0. The molecule has 1 aliphatic rings. The first-order valence-corrected chi connectivity index (χ1v) is 12.0. The van der Waals surface area contributed by atoms with E-state index in [4.69, 9.17) is 24.9 Å². The molecule has 0 spiro atoms. The van der Waals surface area contributed by atoms with E-state index in [0.717, 1.165) is 12.0 Å². The van der Waals surface area contributed by atoms with Crippen LogP contribution in [0.5, 0.6) is 11.5 Å². The van der Waals surface area contributed by atoms with Crippen LogP contribution in [0.3, 0.4) is 0 Å². The minimum atomic E-state index is -0.852. The van der Waals surface area contributed by atoms with Crippen LogP contribution in [0, 0.1) is 0 Å². The van der Waals surface area contributed by atoms with E-state index in [1.165, 1.54) is 5.56 Å². The van der Waals surface area contributed by atoms with Gasteiger partial charge in [-0.3, -0.25) is 14.7 Å². The number of carbonyl (C=O) groups excluding carboxylic acids is 1. The molecular weight excluding hydrogens is 444 g/mol. The molecule has 2 aromatic rings. The van der Waals surface area contributed by atoms with Gasteiger partial charge in [0.15, 0.2) is 11.5 Å². The molecular formula is C27H38N4O4. The Morgan fingerprint density at radius 1 is 1.00 bits per heavy atom. The number of hydrogen-bond donors (Lipinski definition) is 1. The van der Waals surface area contributed by atoms with Crippen molar-refractivity contribution in [2.75, 3.05) is 54.1 Å². The summed E-state index contributed by atoms with van der Waals surface area (Å²) in [5.41, 5.74) is 7.91. The fourth-order valence-electron chi connectivity index (χ4n) is 4.37. The lowest BCUT2D eigenvalue weighted by Crippen LogP contribution is -2.56. The van der Waals surface area contributed by atoms with Gasteiger partial charge < -0.3 is 24.8 Å². The first kappa shape index (κ1) is 26.5. The van der Waals surface area contributed by atoms with E-state index in [0.29, 0.717) is 50.1 Å². The summed E-state index contributed by atoms with van der Waals surface area (Å²) in [6.07, 6.45) is 0.803. The summed E-state index contributed by atoms with van der Waals surface area (Å²) in [5.74, 6) is 1.78. The number of carbonyl (C=O) groups is 1. The maximum absolute atomic E-state index is 12.9. The van der Waals surface area contributed by atoms with E-state index in [9.17, 15) is 4.79 Å². The molecule has 8 nitrogen and oxygen atoms in total. The SMILES string of the molecule is COc1cccc(C(C(N)=NCCc2ccccc2)N2CCN(C(=O)C(C)(C)OC)CC2)c1OC. The van der Waals surface area contributed by atoms with Crippen LogP contribution >= 0.6 is 0 Å². The molecule has 190 valence electrons. The highest BCUT2D eigenvalue weighted by Crippen LogP contribution is 2.37. The second kappa shape index (κ2) is 12.0. The Bertz CT molecular complexity index is 1000. The fourth-order valence-corrected chi connectivity index (χ4v) is 4.37. The van der Waals surface area contributed by atoms with E-state index in [2.05, 4.69) is 17.0 Å². The molecule has 0 radical (unpaired) electrons. The zero-order valence-electron chi connectivity index (χ0n) is 21.5. The third kappa shape index (κ3) is 6.32. The number of hydrogen-bond acceptors (Lipinski definition) is 6. The molecule has 1 amide bonds. The number of methoxy groups -OCH3 is 3. The van der Waals surface area contributed by atoms with Crippen molar-refractivity contribution in [1.29, 1.82) is 0 Å². The number of para-hydroxylation sites is 1. The normalized spacial score (nSPS) is 16.1. The van der Waals surface area contributed by atoms with Gasteiger partial charge in [0.1, 0.15) is 11.4 Å². The Kier molecular flexibility index (Phi) is 9.12. The molecule has 35 heavy (non-hydrogen) atoms. The van der Waals surface area contributed by atoms with Crippen molar-refractivity contribution in [2.24, 2.45) is 10.7 Å². The minimum Gasteiger partial charge on any atom is -0.493 e. The van der Waals surface area contributed by atoms with Gasteiger partial charge in [-0.25, -0.2) is 0 Å². The van der Waals surface area contributed by atoms with Crippen molar-refractivity contribution in [3.05, 3.63) is 59.7 Å². The van der Waals surface area contributed by atoms with Crippen molar-refractivity contribution < 1.29 is 19.0 Å². The Morgan fingerprint density at radius 3 is 2.29 bits per heavy atom. The summed E-state index contributed by atoms with van der Waals surface area (Å²) in [6, 6.07) is 15.7. The molecule has 8 heteroatoms. The van der Waals surface area contributed by atoms with Gasteiger partial charge in [0.2, 0.25) is 0 Å². The van der Waals surface area contributed by atoms with Crippen LogP contribution < -0.4 is 15.2 Å². The summed E-state index contributed by atoms with van der Waals surface area (Å²) >= 11 is 0. The van der Waals surface area contributed by atoms with Gasteiger partial charge in [-0.1, -0.05) is 42.5 Å². The Labute approximate surface area is 208 Å². The standard InChI is InChI=1S/C27H38N4O4/c1-27(2,35-5)26(32)31-18-16-30(17-19-31)23(21-12-9-13-22(33-3)24(21)34-4)25(28)29-15-14-20-10-7-6-8-11-20/h6-13,23H,14-19H2,1-5H3,(H2,28,29). The van der Waals surface area contributed by atoms with Gasteiger partial charge in [-0.2, -0.15) is 0 Å². The molecule has 2 aromatic carbocycles. The third-order valence-electron chi connectivity index (χ3n) is 6.54. The number of aliphatic imine (C=N–C) groups is 1. The molecule has 1 heterocycles. The molecule has 1 unspecified atom stereocenters. The molecule has 2 N–H and O–H groups in total. The molecule has 3 rings (SSSR count). The number of piperazine rings is 1. The zero-order chi connectivity index (χ0) is 25.4. The topological polar surface area (TPSA) is 89.6 Å². The van der Waals surface area contributed by atoms with Crippen molar-refractivity contribution in [3.8, 4) is 11.5 Å². The fraction of sp³-hybridized carbons (Fsp3) is 0.481. The Balaban J connectivity index is 1.85. The average molecular weight is 483 g/mol. The molecule has 0 saturated carbocycles. The molecule has 0 aliphatic carbocycles. The lowest BCUT2D eigenvalue weighted by Gasteiger charge is -2.41. The van der Waals surface area contributed by atoms with E-state index < -0.39 is 5.60 Å². The molecule has 0 aromatic heterocycles. The summed E-state index contributed by atoms with van der Waals surface area (Å²) in [6.45, 7) is 6.61. The van der Waals surface area contributed by atoms with Crippen molar-refractivity contribution in [1.82, 2.24) is 9.80 Å². The van der Waals surface area contributed by atoms with E-state index in [1.807, 2.05) is 41.3 Å². The van der Waals surface area contributed by atoms with Crippen molar-refractivity contribution in [3.63, 3.8) is 0 Å². The zero-order valence-corrected chi connectivity index (χ0v) is 21.5. The van der Waals surface area contributed by atoms with Gasteiger partial charge in [0, 0.05) is 45.4 Å². The maximum atomic E-state index is 12.9. The van der Waals surface area contributed by atoms with Crippen molar-refractivity contribution >= 4 is 11.7 Å². The lowest BCUT2D eigenvalue weighted by molar-refractivity contribution is -0.152. The Morgan fingerprint density at radius 2 is 1.69 bits per heavy atom. The quantitative estimate of drug-likeness (QED) is 0.414. The largest absolute Gasteiger partial charge is 0.493 e. The molecule has 0 bridgehead atoms. The van der Waals surface area contributed by atoms with Gasteiger partial charge >= 0.3 is 0 Å². The highest BCUT2D eigenvalue weighted by Gasteiger charge is 2.36.